The highest BCUT2D eigenvalue weighted by atomic mass is 16.5. The topological polar surface area (TPSA) is 38.3 Å². The van der Waals surface area contributed by atoms with Crippen LogP contribution in [0.1, 0.15) is 45.6 Å². The van der Waals surface area contributed by atoms with Gasteiger partial charge in [-0.25, -0.2) is 0 Å². The molecular weight excluding hydrogens is 286 g/mol. The van der Waals surface area contributed by atoms with Gasteiger partial charge in [0.05, 0.1) is 7.11 Å². The number of hydrogen-bond acceptors (Lipinski definition) is 3. The van der Waals surface area contributed by atoms with Gasteiger partial charge in [-0.2, -0.15) is 0 Å². The van der Waals surface area contributed by atoms with E-state index in [4.69, 9.17) is 4.74 Å². The van der Waals surface area contributed by atoms with Crippen LogP contribution in [0.2, 0.25) is 0 Å². The van der Waals surface area contributed by atoms with E-state index in [9.17, 15) is 4.79 Å². The Bertz CT molecular complexity index is 568. The Balaban J connectivity index is 1.76. The van der Waals surface area contributed by atoms with Crippen molar-refractivity contribution >= 4 is 5.97 Å². The Labute approximate surface area is 139 Å². The maximum atomic E-state index is 12.3. The van der Waals surface area contributed by atoms with E-state index < -0.39 is 0 Å². The summed E-state index contributed by atoms with van der Waals surface area (Å²) in [5.74, 6) is 0.609. The minimum absolute atomic E-state index is 0.155. The van der Waals surface area contributed by atoms with Crippen LogP contribution in [0.3, 0.4) is 0 Å². The first kappa shape index (κ1) is 16.5. The molecule has 3 nitrogen and oxygen atoms in total. The van der Waals surface area contributed by atoms with Crippen LogP contribution in [0, 0.1) is 16.7 Å². The second-order valence-corrected chi connectivity index (χ2v) is 8.10. The van der Waals surface area contributed by atoms with Gasteiger partial charge in [0, 0.05) is 6.04 Å². The molecule has 0 saturated heterocycles. The van der Waals surface area contributed by atoms with E-state index in [1.54, 1.807) is 0 Å². The molecule has 3 rings (SSSR count). The van der Waals surface area contributed by atoms with Gasteiger partial charge >= 0.3 is 5.97 Å². The van der Waals surface area contributed by atoms with Crippen molar-refractivity contribution in [3.63, 3.8) is 0 Å². The van der Waals surface area contributed by atoms with Gasteiger partial charge in [-0.1, -0.05) is 51.1 Å². The van der Waals surface area contributed by atoms with E-state index in [1.165, 1.54) is 31.9 Å². The SMILES string of the molecule is COC(=O)[C@H](Cc1ccccc1)N[C@@H]1C[C@H]2CC[C@]1(C)C2(C)C. The van der Waals surface area contributed by atoms with Crippen molar-refractivity contribution in [2.45, 2.75) is 58.5 Å². The lowest BCUT2D eigenvalue weighted by atomic mass is 9.69. The van der Waals surface area contributed by atoms with Crippen LogP contribution in [0.15, 0.2) is 30.3 Å². The van der Waals surface area contributed by atoms with Gasteiger partial charge in [-0.3, -0.25) is 4.79 Å². The maximum Gasteiger partial charge on any atom is 0.323 e. The second-order valence-electron chi connectivity index (χ2n) is 8.10. The second kappa shape index (κ2) is 5.94. The van der Waals surface area contributed by atoms with Gasteiger partial charge < -0.3 is 10.1 Å². The van der Waals surface area contributed by atoms with Crippen molar-refractivity contribution in [1.82, 2.24) is 5.32 Å². The summed E-state index contributed by atoms with van der Waals surface area (Å²) in [5, 5.41) is 3.67. The maximum absolute atomic E-state index is 12.3. The largest absolute Gasteiger partial charge is 0.468 e. The lowest BCUT2D eigenvalue weighted by Gasteiger charge is -2.40. The third-order valence-corrected chi connectivity index (χ3v) is 6.96. The first-order valence-electron chi connectivity index (χ1n) is 8.76. The fourth-order valence-electron chi connectivity index (χ4n) is 4.90. The number of fused-ring (bicyclic) bond motifs is 2. The molecule has 3 heteroatoms. The Morgan fingerprint density at radius 3 is 2.52 bits per heavy atom. The zero-order chi connectivity index (χ0) is 16.7. The molecule has 2 bridgehead atoms. The number of carbonyl (C=O) groups excluding carboxylic acids is 1. The molecule has 2 aliphatic rings. The average Bonchev–Trinajstić information content (AvgIpc) is 2.88. The minimum Gasteiger partial charge on any atom is -0.468 e. The Kier molecular flexibility index (Phi) is 4.26. The molecule has 0 radical (unpaired) electrons. The molecule has 0 unspecified atom stereocenters. The van der Waals surface area contributed by atoms with Crippen LogP contribution in [0.4, 0.5) is 0 Å². The Morgan fingerprint density at radius 2 is 2.00 bits per heavy atom. The zero-order valence-electron chi connectivity index (χ0n) is 14.8. The molecule has 0 heterocycles. The fourth-order valence-corrected chi connectivity index (χ4v) is 4.90. The van der Waals surface area contributed by atoms with Crippen LogP contribution in [-0.4, -0.2) is 25.2 Å². The number of hydrogen-bond donors (Lipinski definition) is 1. The average molecular weight is 315 g/mol. The van der Waals surface area contributed by atoms with E-state index in [0.717, 1.165) is 5.92 Å². The molecule has 2 fully saturated rings. The van der Waals surface area contributed by atoms with Crippen molar-refractivity contribution in [1.29, 1.82) is 0 Å². The van der Waals surface area contributed by atoms with E-state index in [0.29, 0.717) is 17.9 Å². The number of methoxy groups -OCH3 is 1. The van der Waals surface area contributed by atoms with Gasteiger partial charge in [0.15, 0.2) is 0 Å². The number of ether oxygens (including phenoxy) is 1. The third kappa shape index (κ3) is 2.69. The highest BCUT2D eigenvalue weighted by Gasteiger charge is 2.61. The molecular formula is C20H29NO2. The number of carbonyl (C=O) groups is 1. The van der Waals surface area contributed by atoms with Crippen LogP contribution in [-0.2, 0) is 16.0 Å². The van der Waals surface area contributed by atoms with Crippen molar-refractivity contribution < 1.29 is 9.53 Å². The summed E-state index contributed by atoms with van der Waals surface area (Å²) >= 11 is 0. The van der Waals surface area contributed by atoms with Crippen molar-refractivity contribution in [2.75, 3.05) is 7.11 Å². The summed E-state index contributed by atoms with van der Waals surface area (Å²) in [5.41, 5.74) is 1.78. The van der Waals surface area contributed by atoms with E-state index in [2.05, 4.69) is 38.2 Å². The van der Waals surface area contributed by atoms with E-state index in [1.807, 2.05) is 18.2 Å². The lowest BCUT2D eigenvalue weighted by molar-refractivity contribution is -0.143. The van der Waals surface area contributed by atoms with Crippen molar-refractivity contribution in [3.8, 4) is 0 Å². The molecule has 1 aromatic rings. The standard InChI is InChI=1S/C20H29NO2/c1-19(2)15-10-11-20(19,3)17(13-15)21-16(18(22)23-4)12-14-8-6-5-7-9-14/h5-9,15-17,21H,10-13H2,1-4H3/t15-,16+,17-,20+/m1/s1. The van der Waals surface area contributed by atoms with Gasteiger partial charge in [-0.05, 0) is 48.0 Å². The smallest absolute Gasteiger partial charge is 0.323 e. The summed E-state index contributed by atoms with van der Waals surface area (Å²) in [7, 11) is 1.48. The van der Waals surface area contributed by atoms with Gasteiger partial charge in [0.2, 0.25) is 0 Å². The molecule has 0 aliphatic heterocycles. The molecule has 2 aliphatic carbocycles. The molecule has 4 atom stereocenters. The number of benzene rings is 1. The quantitative estimate of drug-likeness (QED) is 0.844. The third-order valence-electron chi connectivity index (χ3n) is 6.96. The summed E-state index contributed by atoms with van der Waals surface area (Å²) in [6.45, 7) is 7.20. The van der Waals surface area contributed by atoms with Crippen LogP contribution in [0.5, 0.6) is 0 Å². The molecule has 0 spiro atoms. The predicted molar refractivity (Wildman–Crippen MR) is 92.1 cm³/mol. The van der Waals surface area contributed by atoms with Gasteiger partial charge in [0.25, 0.3) is 0 Å². The molecule has 0 amide bonds. The van der Waals surface area contributed by atoms with Crippen molar-refractivity contribution in [3.05, 3.63) is 35.9 Å². The molecule has 2 saturated carbocycles. The normalized spacial score (nSPS) is 32.7. The lowest BCUT2D eigenvalue weighted by Crippen LogP contribution is -2.52. The highest BCUT2D eigenvalue weighted by Crippen LogP contribution is 2.65. The van der Waals surface area contributed by atoms with Gasteiger partial charge in [0.1, 0.15) is 6.04 Å². The molecule has 1 N–H and O–H groups in total. The van der Waals surface area contributed by atoms with E-state index >= 15 is 0 Å². The number of nitrogens with one attached hydrogen (secondary N) is 1. The first-order valence-corrected chi connectivity index (χ1v) is 8.76. The minimum atomic E-state index is -0.264. The fraction of sp³-hybridized carbons (Fsp3) is 0.650. The van der Waals surface area contributed by atoms with Gasteiger partial charge in [-0.15, -0.1) is 0 Å². The summed E-state index contributed by atoms with van der Waals surface area (Å²) in [6, 6.07) is 10.3. The first-order chi connectivity index (χ1) is 10.9. The number of rotatable bonds is 5. The molecule has 0 aromatic heterocycles. The molecule has 1 aromatic carbocycles. The summed E-state index contributed by atoms with van der Waals surface area (Å²) < 4.78 is 5.06. The monoisotopic (exact) mass is 315 g/mol. The van der Waals surface area contributed by atoms with E-state index in [-0.39, 0.29) is 17.4 Å². The summed E-state index contributed by atoms with van der Waals surface area (Å²) in [6.07, 6.45) is 4.43. The molecule has 23 heavy (non-hydrogen) atoms. The van der Waals surface area contributed by atoms with Crippen LogP contribution >= 0.6 is 0 Å². The summed E-state index contributed by atoms with van der Waals surface area (Å²) in [4.78, 5) is 12.3. The van der Waals surface area contributed by atoms with Crippen LogP contribution in [0.25, 0.3) is 0 Å². The zero-order valence-corrected chi connectivity index (χ0v) is 14.8. The predicted octanol–water partition coefficient (Wildman–Crippen LogP) is 3.58. The highest BCUT2D eigenvalue weighted by molar-refractivity contribution is 5.76. The molecule has 126 valence electrons. The number of esters is 1. The van der Waals surface area contributed by atoms with Crippen LogP contribution < -0.4 is 5.32 Å². The Hall–Kier alpha value is -1.35. The van der Waals surface area contributed by atoms with Crippen molar-refractivity contribution in [2.24, 2.45) is 16.7 Å². The Morgan fingerprint density at radius 1 is 1.30 bits per heavy atom.